The van der Waals surface area contributed by atoms with Crippen molar-refractivity contribution in [3.63, 3.8) is 0 Å². The number of allylic oxidation sites excluding steroid dienone is 2. The van der Waals surface area contributed by atoms with Gasteiger partial charge in [0.05, 0.1) is 32.6 Å². The second-order valence-electron chi connectivity index (χ2n) is 7.51. The van der Waals surface area contributed by atoms with Crippen LogP contribution in [0.25, 0.3) is 0 Å². The van der Waals surface area contributed by atoms with Crippen molar-refractivity contribution in [3.8, 4) is 17.2 Å². The Morgan fingerprint density at radius 3 is 2.68 bits per heavy atom. The summed E-state index contributed by atoms with van der Waals surface area (Å²) in [7, 11) is 3.36. The van der Waals surface area contributed by atoms with Crippen LogP contribution in [0.4, 0.5) is 5.69 Å². The number of hydrogen-bond acceptors (Lipinski definition) is 4. The monoisotopic (exact) mass is 379 g/mol. The molecule has 4 rings (SSSR count). The first-order valence-corrected chi connectivity index (χ1v) is 10.2. The third-order valence-corrected chi connectivity index (χ3v) is 5.88. The fourth-order valence-corrected chi connectivity index (χ4v) is 4.42. The average molecular weight is 380 g/mol. The zero-order chi connectivity index (χ0) is 19.5. The van der Waals surface area contributed by atoms with Gasteiger partial charge in [-0.1, -0.05) is 43.7 Å². The molecule has 4 nitrogen and oxygen atoms in total. The van der Waals surface area contributed by atoms with Gasteiger partial charge in [0.2, 0.25) is 0 Å². The Labute approximate surface area is 167 Å². The van der Waals surface area contributed by atoms with Gasteiger partial charge in [0.1, 0.15) is 5.75 Å². The summed E-state index contributed by atoms with van der Waals surface area (Å²) in [5, 5.41) is 3.81. The molecule has 3 unspecified atom stereocenters. The molecule has 0 fully saturated rings. The number of benzene rings is 2. The Balaban J connectivity index is 1.71. The molecule has 1 aliphatic carbocycles. The number of anilines is 1. The minimum Gasteiger partial charge on any atom is -0.493 e. The molecule has 0 radical (unpaired) electrons. The van der Waals surface area contributed by atoms with Crippen molar-refractivity contribution in [2.45, 2.75) is 38.1 Å². The van der Waals surface area contributed by atoms with Gasteiger partial charge in [-0.05, 0) is 48.1 Å². The van der Waals surface area contributed by atoms with Crippen molar-refractivity contribution in [2.75, 3.05) is 26.1 Å². The van der Waals surface area contributed by atoms with Crippen LogP contribution in [-0.2, 0) is 0 Å². The molecule has 0 saturated carbocycles. The first kappa shape index (κ1) is 18.7. The van der Waals surface area contributed by atoms with Gasteiger partial charge in [0.15, 0.2) is 11.5 Å². The summed E-state index contributed by atoms with van der Waals surface area (Å²) in [5.41, 5.74) is 3.68. The highest BCUT2D eigenvalue weighted by molar-refractivity contribution is 5.68. The number of unbranched alkanes of at least 4 members (excludes halogenated alkanes) is 1. The summed E-state index contributed by atoms with van der Waals surface area (Å²) >= 11 is 0. The molecule has 28 heavy (non-hydrogen) atoms. The van der Waals surface area contributed by atoms with E-state index in [0.717, 1.165) is 48.8 Å². The standard InChI is InChI=1S/C24H29NO3/c1-4-5-14-28-21-11-7-10-19-17-8-6-9-18(17)23(25-24(19)21)16-12-13-20(26-2)22(15-16)27-3/h6-8,10-13,15,17-18,23,25H,4-5,9,14H2,1-3H3. The summed E-state index contributed by atoms with van der Waals surface area (Å²) in [6.07, 6.45) is 7.92. The predicted octanol–water partition coefficient (Wildman–Crippen LogP) is 5.71. The number of ether oxygens (including phenoxy) is 3. The summed E-state index contributed by atoms with van der Waals surface area (Å²) in [5.74, 6) is 3.37. The lowest BCUT2D eigenvalue weighted by molar-refractivity contribution is 0.307. The van der Waals surface area contributed by atoms with Crippen molar-refractivity contribution in [3.05, 3.63) is 59.7 Å². The lowest BCUT2D eigenvalue weighted by Crippen LogP contribution is -2.29. The van der Waals surface area contributed by atoms with Crippen LogP contribution in [0.3, 0.4) is 0 Å². The van der Waals surface area contributed by atoms with Crippen LogP contribution >= 0.6 is 0 Å². The molecular formula is C24H29NO3. The fraction of sp³-hybridized carbons (Fsp3) is 0.417. The molecule has 0 aromatic heterocycles. The minimum absolute atomic E-state index is 0.197. The van der Waals surface area contributed by atoms with Gasteiger partial charge in [-0.2, -0.15) is 0 Å². The largest absolute Gasteiger partial charge is 0.493 e. The Morgan fingerprint density at radius 1 is 1.04 bits per heavy atom. The highest BCUT2D eigenvalue weighted by Crippen LogP contribution is 2.52. The summed E-state index contributed by atoms with van der Waals surface area (Å²) in [6, 6.07) is 12.8. The number of para-hydroxylation sites is 1. The van der Waals surface area contributed by atoms with Crippen molar-refractivity contribution >= 4 is 5.69 Å². The molecule has 1 aliphatic heterocycles. The first-order valence-electron chi connectivity index (χ1n) is 10.2. The minimum atomic E-state index is 0.197. The third-order valence-electron chi connectivity index (χ3n) is 5.88. The second-order valence-corrected chi connectivity index (χ2v) is 7.51. The quantitative estimate of drug-likeness (QED) is 0.494. The van der Waals surface area contributed by atoms with Gasteiger partial charge in [0, 0.05) is 5.92 Å². The zero-order valence-electron chi connectivity index (χ0n) is 16.9. The van der Waals surface area contributed by atoms with Gasteiger partial charge >= 0.3 is 0 Å². The maximum atomic E-state index is 6.13. The van der Waals surface area contributed by atoms with E-state index in [0.29, 0.717) is 11.8 Å². The molecule has 0 spiro atoms. The molecule has 2 aliphatic rings. The maximum absolute atomic E-state index is 6.13. The van der Waals surface area contributed by atoms with E-state index in [1.165, 1.54) is 11.1 Å². The second kappa shape index (κ2) is 8.17. The van der Waals surface area contributed by atoms with Crippen LogP contribution < -0.4 is 19.5 Å². The SMILES string of the molecule is CCCCOc1cccc2c1NC(c1ccc(OC)c(OC)c1)C1CC=CC21. The number of fused-ring (bicyclic) bond motifs is 3. The molecule has 1 N–H and O–H groups in total. The van der Waals surface area contributed by atoms with Crippen molar-refractivity contribution in [1.29, 1.82) is 0 Å². The van der Waals surface area contributed by atoms with Crippen LogP contribution in [0, 0.1) is 5.92 Å². The summed E-state index contributed by atoms with van der Waals surface area (Å²) in [6.45, 7) is 2.93. The van der Waals surface area contributed by atoms with Crippen LogP contribution in [0.15, 0.2) is 48.6 Å². The van der Waals surface area contributed by atoms with Gasteiger partial charge in [-0.3, -0.25) is 0 Å². The van der Waals surface area contributed by atoms with Gasteiger partial charge in [-0.15, -0.1) is 0 Å². The van der Waals surface area contributed by atoms with Crippen molar-refractivity contribution in [1.82, 2.24) is 0 Å². The first-order chi connectivity index (χ1) is 13.8. The topological polar surface area (TPSA) is 39.7 Å². The molecule has 0 bridgehead atoms. The Morgan fingerprint density at radius 2 is 1.89 bits per heavy atom. The van der Waals surface area contributed by atoms with E-state index < -0.39 is 0 Å². The lowest BCUT2D eigenvalue weighted by atomic mass is 9.77. The van der Waals surface area contributed by atoms with Crippen LogP contribution in [0.1, 0.15) is 49.3 Å². The predicted molar refractivity (Wildman–Crippen MR) is 113 cm³/mol. The van der Waals surface area contributed by atoms with Gasteiger partial charge in [-0.25, -0.2) is 0 Å². The molecule has 1 heterocycles. The third kappa shape index (κ3) is 3.32. The smallest absolute Gasteiger partial charge is 0.161 e. The Hall–Kier alpha value is -2.62. The Bertz CT molecular complexity index is 861. The van der Waals surface area contributed by atoms with E-state index >= 15 is 0 Å². The molecule has 4 heteroatoms. The fourth-order valence-electron chi connectivity index (χ4n) is 4.42. The molecular weight excluding hydrogens is 350 g/mol. The van der Waals surface area contributed by atoms with E-state index in [4.69, 9.17) is 14.2 Å². The Kier molecular flexibility index (Phi) is 5.47. The van der Waals surface area contributed by atoms with Crippen LogP contribution in [0.5, 0.6) is 17.2 Å². The summed E-state index contributed by atoms with van der Waals surface area (Å²) in [4.78, 5) is 0. The molecule has 3 atom stereocenters. The van der Waals surface area contributed by atoms with E-state index in [9.17, 15) is 0 Å². The normalized spacial score (nSPS) is 22.2. The van der Waals surface area contributed by atoms with Crippen LogP contribution in [0.2, 0.25) is 0 Å². The average Bonchev–Trinajstić information content (AvgIpc) is 3.23. The molecule has 0 saturated heterocycles. The number of methoxy groups -OCH3 is 2. The van der Waals surface area contributed by atoms with E-state index in [1.807, 2.05) is 6.07 Å². The number of nitrogens with one attached hydrogen (secondary N) is 1. The van der Waals surface area contributed by atoms with Crippen molar-refractivity contribution in [2.24, 2.45) is 5.92 Å². The molecule has 2 aromatic carbocycles. The molecule has 2 aromatic rings. The van der Waals surface area contributed by atoms with E-state index in [2.05, 4.69) is 54.7 Å². The van der Waals surface area contributed by atoms with E-state index in [-0.39, 0.29) is 6.04 Å². The zero-order valence-corrected chi connectivity index (χ0v) is 16.9. The number of rotatable bonds is 7. The van der Waals surface area contributed by atoms with Gasteiger partial charge in [0.25, 0.3) is 0 Å². The van der Waals surface area contributed by atoms with E-state index in [1.54, 1.807) is 14.2 Å². The lowest BCUT2D eigenvalue weighted by Gasteiger charge is -2.38. The van der Waals surface area contributed by atoms with Crippen molar-refractivity contribution < 1.29 is 14.2 Å². The molecule has 0 amide bonds. The van der Waals surface area contributed by atoms with Crippen LogP contribution in [-0.4, -0.2) is 20.8 Å². The van der Waals surface area contributed by atoms with Gasteiger partial charge < -0.3 is 19.5 Å². The number of hydrogen-bond donors (Lipinski definition) is 1. The maximum Gasteiger partial charge on any atom is 0.161 e. The summed E-state index contributed by atoms with van der Waals surface area (Å²) < 4.78 is 17.1. The highest BCUT2D eigenvalue weighted by Gasteiger charge is 2.39. The highest BCUT2D eigenvalue weighted by atomic mass is 16.5. The molecule has 148 valence electrons.